The molecular weight excluding hydrogens is 591 g/mol. The maximum atomic E-state index is 12.9. The number of nitriles is 1. The number of alkyl halides is 3. The van der Waals surface area contributed by atoms with Gasteiger partial charge in [0.25, 0.3) is 11.1 Å². The minimum absolute atomic E-state index is 0.0614. The normalized spacial score (nSPS) is 14.6. The first-order valence-corrected chi connectivity index (χ1v) is 12.2. The number of hydrogen-bond acceptors (Lipinski definition) is 7. The van der Waals surface area contributed by atoms with Crippen molar-refractivity contribution in [3.8, 4) is 17.6 Å². The number of benzene rings is 3. The van der Waals surface area contributed by atoms with Crippen LogP contribution in [0.15, 0.2) is 70.0 Å². The summed E-state index contributed by atoms with van der Waals surface area (Å²) in [6.45, 7) is -0.0614. The first-order valence-electron chi connectivity index (χ1n) is 10.5. The predicted octanol–water partition coefficient (Wildman–Crippen LogP) is 7.28. The molecule has 0 N–H and O–H groups in total. The van der Waals surface area contributed by atoms with Crippen molar-refractivity contribution in [3.63, 3.8) is 0 Å². The largest absolute Gasteiger partial charge is 0.449 e. The Morgan fingerprint density at radius 2 is 1.82 bits per heavy atom. The van der Waals surface area contributed by atoms with Gasteiger partial charge in [-0.15, -0.1) is 0 Å². The maximum Gasteiger partial charge on any atom is 0.416 e. The molecule has 2 amide bonds. The zero-order chi connectivity index (χ0) is 27.6. The second-order valence-electron chi connectivity index (χ2n) is 7.77. The number of nitrogens with zero attached hydrogens (tertiary/aromatic N) is 3. The Hall–Kier alpha value is -4.15. The van der Waals surface area contributed by atoms with Gasteiger partial charge in [-0.05, 0) is 75.2 Å². The fourth-order valence-corrected chi connectivity index (χ4v) is 4.77. The molecule has 1 aliphatic rings. The number of carbonyl (C=O) groups is 2. The van der Waals surface area contributed by atoms with E-state index in [1.54, 1.807) is 24.3 Å². The fraction of sp³-hybridized carbons (Fsp3) is 0.0800. The summed E-state index contributed by atoms with van der Waals surface area (Å²) in [7, 11) is 0. The SMILES string of the molecule is N#Cc1ccccc1CN1C(=O)S/C(=C/c2ccc(Oc3ccc(C(F)(F)F)cc3[N+](=O)[O-])c(Br)c2)C1=O. The van der Waals surface area contributed by atoms with Gasteiger partial charge >= 0.3 is 11.9 Å². The van der Waals surface area contributed by atoms with E-state index in [1.165, 1.54) is 24.3 Å². The fourth-order valence-electron chi connectivity index (χ4n) is 3.46. The zero-order valence-electron chi connectivity index (χ0n) is 18.9. The number of rotatable bonds is 6. The Bertz CT molecular complexity index is 1550. The van der Waals surface area contributed by atoms with E-state index < -0.39 is 39.2 Å². The van der Waals surface area contributed by atoms with Crippen LogP contribution in [0.1, 0.15) is 22.3 Å². The topological polar surface area (TPSA) is 114 Å². The highest BCUT2D eigenvalue weighted by atomic mass is 79.9. The highest BCUT2D eigenvalue weighted by molar-refractivity contribution is 9.10. The highest BCUT2D eigenvalue weighted by Gasteiger charge is 2.36. The summed E-state index contributed by atoms with van der Waals surface area (Å²) in [5, 5.41) is 20.1. The van der Waals surface area contributed by atoms with Crippen LogP contribution in [0, 0.1) is 21.4 Å². The molecule has 1 fully saturated rings. The smallest absolute Gasteiger partial charge is 0.416 e. The summed E-state index contributed by atoms with van der Waals surface area (Å²) < 4.78 is 44.6. The second kappa shape index (κ2) is 10.7. The van der Waals surface area contributed by atoms with Crippen LogP contribution in [0.4, 0.5) is 23.7 Å². The van der Waals surface area contributed by atoms with E-state index in [1.807, 2.05) is 6.07 Å². The molecule has 1 saturated heterocycles. The zero-order valence-corrected chi connectivity index (χ0v) is 21.3. The van der Waals surface area contributed by atoms with Crippen LogP contribution >= 0.6 is 27.7 Å². The van der Waals surface area contributed by atoms with Crippen LogP contribution in [0.5, 0.6) is 11.5 Å². The van der Waals surface area contributed by atoms with Crippen molar-refractivity contribution in [2.45, 2.75) is 12.7 Å². The minimum atomic E-state index is -4.76. The molecule has 0 atom stereocenters. The van der Waals surface area contributed by atoms with E-state index in [0.717, 1.165) is 22.7 Å². The molecule has 3 aromatic carbocycles. The highest BCUT2D eigenvalue weighted by Crippen LogP contribution is 2.40. The second-order valence-corrected chi connectivity index (χ2v) is 9.61. The van der Waals surface area contributed by atoms with Crippen molar-refractivity contribution in [3.05, 3.63) is 102 Å². The first-order chi connectivity index (χ1) is 18.0. The van der Waals surface area contributed by atoms with Crippen molar-refractivity contribution in [1.82, 2.24) is 4.90 Å². The number of carbonyl (C=O) groups excluding carboxylic acids is 2. The lowest BCUT2D eigenvalue weighted by Gasteiger charge is -2.13. The third-order valence-electron chi connectivity index (χ3n) is 5.30. The summed E-state index contributed by atoms with van der Waals surface area (Å²) in [5.41, 5.74) is -0.684. The molecule has 192 valence electrons. The van der Waals surface area contributed by atoms with Gasteiger partial charge in [-0.1, -0.05) is 24.3 Å². The Morgan fingerprint density at radius 1 is 1.11 bits per heavy atom. The van der Waals surface area contributed by atoms with Gasteiger partial charge in [-0.25, -0.2) is 0 Å². The first kappa shape index (κ1) is 26.9. The van der Waals surface area contributed by atoms with Crippen molar-refractivity contribution in [2.24, 2.45) is 0 Å². The van der Waals surface area contributed by atoms with E-state index in [9.17, 15) is 38.1 Å². The summed E-state index contributed by atoms with van der Waals surface area (Å²) >= 11 is 3.99. The van der Waals surface area contributed by atoms with E-state index in [0.29, 0.717) is 33.3 Å². The molecular formula is C25H13BrF3N3O5S. The predicted molar refractivity (Wildman–Crippen MR) is 135 cm³/mol. The van der Waals surface area contributed by atoms with Crippen LogP contribution in [0.3, 0.4) is 0 Å². The van der Waals surface area contributed by atoms with E-state index >= 15 is 0 Å². The molecule has 0 spiro atoms. The number of halogens is 4. The van der Waals surface area contributed by atoms with Crippen LogP contribution in [-0.4, -0.2) is 21.0 Å². The number of hydrogen-bond donors (Lipinski definition) is 0. The molecule has 1 heterocycles. The van der Waals surface area contributed by atoms with E-state index in [-0.39, 0.29) is 17.2 Å². The molecule has 0 aromatic heterocycles. The number of ether oxygens (including phenoxy) is 1. The lowest BCUT2D eigenvalue weighted by Crippen LogP contribution is -2.27. The Morgan fingerprint density at radius 3 is 2.47 bits per heavy atom. The maximum absolute atomic E-state index is 12.9. The molecule has 0 bridgehead atoms. The quantitative estimate of drug-likeness (QED) is 0.165. The van der Waals surface area contributed by atoms with Gasteiger partial charge in [-0.3, -0.25) is 24.6 Å². The monoisotopic (exact) mass is 603 g/mol. The molecule has 13 heteroatoms. The average molecular weight is 604 g/mol. The molecule has 0 unspecified atom stereocenters. The summed E-state index contributed by atoms with van der Waals surface area (Å²) in [5.74, 6) is -0.856. The Kier molecular flexibility index (Phi) is 7.56. The summed E-state index contributed by atoms with van der Waals surface area (Å²) in [6, 6.07) is 15.0. The third kappa shape index (κ3) is 5.71. The van der Waals surface area contributed by atoms with Crippen LogP contribution < -0.4 is 4.74 Å². The number of nitro groups is 1. The minimum Gasteiger partial charge on any atom is -0.449 e. The van der Waals surface area contributed by atoms with Gasteiger partial charge in [0.2, 0.25) is 5.75 Å². The average Bonchev–Trinajstić information content (AvgIpc) is 3.12. The van der Waals surface area contributed by atoms with Gasteiger partial charge in [0.15, 0.2) is 0 Å². The van der Waals surface area contributed by atoms with Crippen molar-refractivity contribution < 1.29 is 32.4 Å². The van der Waals surface area contributed by atoms with Crippen LogP contribution in [-0.2, 0) is 17.5 Å². The van der Waals surface area contributed by atoms with E-state index in [2.05, 4.69) is 15.9 Å². The molecule has 0 aliphatic carbocycles. The molecule has 3 aromatic rings. The molecule has 38 heavy (non-hydrogen) atoms. The summed E-state index contributed by atoms with van der Waals surface area (Å²) in [4.78, 5) is 36.9. The van der Waals surface area contributed by atoms with Crippen molar-refractivity contribution in [1.29, 1.82) is 5.26 Å². The van der Waals surface area contributed by atoms with Gasteiger partial charge in [-0.2, -0.15) is 18.4 Å². The van der Waals surface area contributed by atoms with Crippen LogP contribution in [0.2, 0.25) is 0 Å². The molecule has 8 nitrogen and oxygen atoms in total. The van der Waals surface area contributed by atoms with Crippen molar-refractivity contribution >= 4 is 50.6 Å². The lowest BCUT2D eigenvalue weighted by molar-refractivity contribution is -0.385. The van der Waals surface area contributed by atoms with Gasteiger partial charge < -0.3 is 4.74 Å². The number of nitro benzene ring substituents is 1. The third-order valence-corrected chi connectivity index (χ3v) is 6.82. The molecule has 4 rings (SSSR count). The van der Waals surface area contributed by atoms with Crippen molar-refractivity contribution in [2.75, 3.05) is 0 Å². The summed E-state index contributed by atoms with van der Waals surface area (Å²) in [6.07, 6.45) is -3.29. The Balaban J connectivity index is 1.55. The molecule has 0 saturated carbocycles. The van der Waals surface area contributed by atoms with Crippen LogP contribution in [0.25, 0.3) is 6.08 Å². The van der Waals surface area contributed by atoms with Gasteiger partial charge in [0.05, 0.1) is 38.0 Å². The van der Waals surface area contributed by atoms with E-state index in [4.69, 9.17) is 4.74 Å². The molecule has 1 aliphatic heterocycles. The Labute approximate surface area is 225 Å². The number of amides is 2. The van der Waals surface area contributed by atoms with Gasteiger partial charge in [0.1, 0.15) is 5.75 Å². The number of imide groups is 1. The molecule has 0 radical (unpaired) electrons. The number of thioether (sulfide) groups is 1. The van der Waals surface area contributed by atoms with Gasteiger partial charge in [0, 0.05) is 6.07 Å². The standard InChI is InChI=1S/C25H13BrF3N3O5S/c26-18-9-14(5-7-20(18)37-21-8-6-17(25(27,28)29)11-19(21)32(35)36)10-22-23(33)31(24(34)38-22)13-16-4-2-1-3-15(16)12-30/h1-11H,13H2/b22-10+. The lowest BCUT2D eigenvalue weighted by atomic mass is 10.1.